The van der Waals surface area contributed by atoms with E-state index in [0.29, 0.717) is 23.8 Å². The molecule has 59 heavy (non-hydrogen) atoms. The maximum Gasteiger partial charge on any atom is 0.519 e. The predicted molar refractivity (Wildman–Crippen MR) is 212 cm³/mol. The summed E-state index contributed by atoms with van der Waals surface area (Å²) in [5.41, 5.74) is 6.65. The lowest BCUT2D eigenvalue weighted by atomic mass is 9.94. The number of amidine groups is 1. The maximum absolute atomic E-state index is 14.1. The number of esters is 2. The van der Waals surface area contributed by atoms with Gasteiger partial charge in [0, 0.05) is 47.0 Å². The molecule has 310 valence electrons. The van der Waals surface area contributed by atoms with E-state index in [0.717, 1.165) is 12.8 Å². The summed E-state index contributed by atoms with van der Waals surface area (Å²) < 4.78 is 30.9. The zero-order chi connectivity index (χ0) is 43.0. The summed E-state index contributed by atoms with van der Waals surface area (Å²) in [4.78, 5) is 81.3. The molecular formula is C41H44N6O12. The number of alkyl carbamates (subject to hydrolysis) is 1. The molecule has 5 rings (SSSR count). The number of carbonyl (C=O) groups is 5. The number of aryl methyl sites for hydroxylation is 1. The molecule has 1 aliphatic carbocycles. The summed E-state index contributed by atoms with van der Waals surface area (Å²) in [5, 5.41) is 16.2. The number of nitrogens with zero attached hydrogens (tertiary/aromatic N) is 1. The highest BCUT2D eigenvalue weighted by Gasteiger charge is 2.27. The minimum absolute atomic E-state index is 0.0304. The normalized spacial score (nSPS) is 13.1. The van der Waals surface area contributed by atoms with E-state index in [9.17, 15) is 28.8 Å². The monoisotopic (exact) mass is 812 g/mol. The van der Waals surface area contributed by atoms with E-state index in [1.54, 1.807) is 13.8 Å². The van der Waals surface area contributed by atoms with Gasteiger partial charge in [0.1, 0.15) is 23.3 Å². The Bertz CT molecular complexity index is 2330. The molecule has 6 N–H and O–H groups in total. The van der Waals surface area contributed by atoms with Crippen LogP contribution in [0.2, 0.25) is 0 Å². The van der Waals surface area contributed by atoms with Gasteiger partial charge in [-0.25, -0.2) is 19.4 Å². The summed E-state index contributed by atoms with van der Waals surface area (Å²) in [6.07, 6.45) is 1.15. The van der Waals surface area contributed by atoms with Crippen molar-refractivity contribution in [2.45, 2.75) is 59.5 Å². The van der Waals surface area contributed by atoms with Crippen LogP contribution < -0.4 is 32.2 Å². The van der Waals surface area contributed by atoms with Gasteiger partial charge in [0.25, 0.3) is 11.8 Å². The number of nitrogens with two attached hydrogens (primary N) is 1. The number of hydrogen-bond acceptors (Lipinski definition) is 15. The van der Waals surface area contributed by atoms with Crippen molar-refractivity contribution in [2.24, 2.45) is 17.6 Å². The zero-order valence-corrected chi connectivity index (χ0v) is 33.0. The van der Waals surface area contributed by atoms with Crippen molar-refractivity contribution < 1.29 is 51.8 Å². The second kappa shape index (κ2) is 18.9. The SMILES string of the molecule is C=Cc1cc(C(=O)Nc2ccc(C(=N)NC(=O)OC(C)OC(=O)C(N)C(C)C)cc2)c(-c2ccc(C(=O)NCC3CC3)nc2C(=O)OCc2oc(=O)oc2C)cc1OC. The summed E-state index contributed by atoms with van der Waals surface area (Å²) in [6, 6.07) is 10.9. The molecule has 0 bridgehead atoms. The van der Waals surface area contributed by atoms with Gasteiger partial charge in [0.2, 0.25) is 6.29 Å². The molecule has 2 aromatic heterocycles. The molecule has 18 nitrogen and oxygen atoms in total. The topological polar surface area (TPSA) is 264 Å². The third-order valence-corrected chi connectivity index (χ3v) is 9.07. The lowest BCUT2D eigenvalue weighted by molar-refractivity contribution is -0.167. The highest BCUT2D eigenvalue weighted by atomic mass is 16.7. The molecule has 2 unspecified atom stereocenters. The Balaban J connectivity index is 1.39. The number of rotatable bonds is 16. The van der Waals surface area contributed by atoms with Crippen LogP contribution in [0.25, 0.3) is 17.2 Å². The molecule has 1 saturated carbocycles. The number of amides is 3. The Morgan fingerprint density at radius 1 is 1.00 bits per heavy atom. The van der Waals surface area contributed by atoms with Crippen LogP contribution in [0.1, 0.15) is 87.6 Å². The summed E-state index contributed by atoms with van der Waals surface area (Å²) in [6.45, 7) is 10.0. The van der Waals surface area contributed by atoms with Crippen LogP contribution in [0, 0.1) is 24.2 Å². The minimum atomic E-state index is -1.27. The zero-order valence-electron chi connectivity index (χ0n) is 33.0. The third kappa shape index (κ3) is 11.1. The van der Waals surface area contributed by atoms with Crippen molar-refractivity contribution in [2.75, 3.05) is 19.0 Å². The van der Waals surface area contributed by atoms with Gasteiger partial charge < -0.3 is 44.1 Å². The lowest BCUT2D eigenvalue weighted by Crippen LogP contribution is -2.40. The van der Waals surface area contributed by atoms with Crippen LogP contribution in [0.3, 0.4) is 0 Å². The fourth-order valence-corrected chi connectivity index (χ4v) is 5.47. The standard InChI is InChI=1S/C41H44N6O12/c1-7-24-16-29(36(48)45-26-12-10-25(11-13-26)35(43)47-40(52)58-22(5)57-38(50)33(42)20(2)3)28(17-31(24)54-6)27-14-15-30(37(49)44-18-23-8-9-23)46-34(27)39(51)55-19-32-21(4)56-41(53)59-32/h7,10-17,20,22-23,33H,1,8-9,18-19,42H2,2-6H3,(H,44,49)(H,45,48)(H2,43,47,52). The van der Waals surface area contributed by atoms with Crippen molar-refractivity contribution in [3.05, 3.63) is 105 Å². The fraction of sp³-hybridized carbons (Fsp3) is 0.317. The Kier molecular flexibility index (Phi) is 13.8. The quantitative estimate of drug-likeness (QED) is 0.0435. The Morgan fingerprint density at radius 2 is 1.71 bits per heavy atom. The number of hydrogen-bond donors (Lipinski definition) is 5. The van der Waals surface area contributed by atoms with Crippen LogP contribution in [-0.2, 0) is 25.6 Å². The van der Waals surface area contributed by atoms with Gasteiger partial charge >= 0.3 is 23.9 Å². The smallest absolute Gasteiger partial charge is 0.496 e. The van der Waals surface area contributed by atoms with E-state index < -0.39 is 54.6 Å². The molecule has 3 amide bonds. The second-order valence-corrected chi connectivity index (χ2v) is 13.8. The molecule has 0 spiro atoms. The lowest BCUT2D eigenvalue weighted by Gasteiger charge is -2.19. The van der Waals surface area contributed by atoms with Gasteiger partial charge in [-0.05, 0) is 80.1 Å². The first-order valence-corrected chi connectivity index (χ1v) is 18.4. The van der Waals surface area contributed by atoms with Crippen LogP contribution in [0.4, 0.5) is 10.5 Å². The molecule has 1 fully saturated rings. The molecule has 2 atom stereocenters. The van der Waals surface area contributed by atoms with Gasteiger partial charge in [-0.1, -0.05) is 26.5 Å². The van der Waals surface area contributed by atoms with E-state index in [4.69, 9.17) is 38.9 Å². The number of benzene rings is 2. The molecule has 0 radical (unpaired) electrons. The van der Waals surface area contributed by atoms with Crippen molar-refractivity contribution in [1.82, 2.24) is 15.6 Å². The van der Waals surface area contributed by atoms with E-state index in [1.165, 1.54) is 75.6 Å². The minimum Gasteiger partial charge on any atom is -0.496 e. The second-order valence-electron chi connectivity index (χ2n) is 13.8. The van der Waals surface area contributed by atoms with Gasteiger partial charge in [0.05, 0.1) is 7.11 Å². The van der Waals surface area contributed by atoms with Gasteiger partial charge in [-0.3, -0.25) is 25.1 Å². The Labute approximate surface area is 337 Å². The third-order valence-electron chi connectivity index (χ3n) is 9.07. The van der Waals surface area contributed by atoms with Crippen LogP contribution in [0.5, 0.6) is 5.75 Å². The van der Waals surface area contributed by atoms with E-state index >= 15 is 0 Å². The van der Waals surface area contributed by atoms with E-state index in [1.807, 2.05) is 0 Å². The first kappa shape index (κ1) is 43.1. The van der Waals surface area contributed by atoms with Crippen molar-refractivity contribution in [1.29, 1.82) is 5.41 Å². The van der Waals surface area contributed by atoms with Crippen LogP contribution in [0.15, 0.2) is 68.7 Å². The molecule has 2 heterocycles. The van der Waals surface area contributed by atoms with E-state index in [2.05, 4.69) is 27.5 Å². The largest absolute Gasteiger partial charge is 0.519 e. The first-order valence-electron chi connectivity index (χ1n) is 18.4. The Morgan fingerprint density at radius 3 is 2.32 bits per heavy atom. The Hall–Kier alpha value is -7.08. The first-order chi connectivity index (χ1) is 28.1. The van der Waals surface area contributed by atoms with Crippen LogP contribution >= 0.6 is 0 Å². The highest BCUT2D eigenvalue weighted by molar-refractivity contribution is 6.11. The maximum atomic E-state index is 14.1. The fourth-order valence-electron chi connectivity index (χ4n) is 5.47. The highest BCUT2D eigenvalue weighted by Crippen LogP contribution is 2.35. The number of pyridine rings is 1. The molecule has 4 aromatic rings. The van der Waals surface area contributed by atoms with Gasteiger partial charge in [-0.15, -0.1) is 0 Å². The predicted octanol–water partition coefficient (Wildman–Crippen LogP) is 4.93. The number of carbonyl (C=O) groups excluding carboxylic acids is 5. The van der Waals surface area contributed by atoms with Gasteiger partial charge in [0.15, 0.2) is 23.8 Å². The van der Waals surface area contributed by atoms with Crippen molar-refractivity contribution in [3.63, 3.8) is 0 Å². The number of methoxy groups -OCH3 is 1. The number of aromatic nitrogens is 1. The molecule has 0 aliphatic heterocycles. The summed E-state index contributed by atoms with van der Waals surface area (Å²) in [5.74, 6) is -3.67. The van der Waals surface area contributed by atoms with Crippen LogP contribution in [-0.4, -0.2) is 66.7 Å². The molecule has 1 aliphatic rings. The average Bonchev–Trinajstić information content (AvgIpc) is 3.98. The summed E-state index contributed by atoms with van der Waals surface area (Å²) >= 11 is 0. The number of anilines is 1. The number of nitrogens with one attached hydrogen (secondary N) is 4. The molecule has 2 aromatic carbocycles. The number of ether oxygens (including phenoxy) is 4. The van der Waals surface area contributed by atoms with Crippen molar-refractivity contribution >= 4 is 47.4 Å². The molecule has 0 saturated heterocycles. The van der Waals surface area contributed by atoms with Crippen molar-refractivity contribution in [3.8, 4) is 16.9 Å². The summed E-state index contributed by atoms with van der Waals surface area (Å²) in [7, 11) is 1.42. The van der Waals surface area contributed by atoms with Gasteiger partial charge in [-0.2, -0.15) is 0 Å². The molecular weight excluding hydrogens is 768 g/mol. The van der Waals surface area contributed by atoms with E-state index in [-0.39, 0.29) is 62.6 Å². The average molecular weight is 813 g/mol. The molecule has 18 heteroatoms.